The smallest absolute Gasteiger partial charge is 0.232 e. The van der Waals surface area contributed by atoms with E-state index in [4.69, 9.17) is 20.6 Å². The Balaban J connectivity index is 1.66. The van der Waals surface area contributed by atoms with Crippen LogP contribution in [0.2, 0.25) is 0 Å². The molecule has 0 bridgehead atoms. The molecule has 1 aliphatic rings. The predicted molar refractivity (Wildman–Crippen MR) is 109 cm³/mol. The van der Waals surface area contributed by atoms with Crippen molar-refractivity contribution < 1.29 is 9.47 Å². The van der Waals surface area contributed by atoms with Crippen molar-refractivity contribution in [1.82, 2.24) is 19.9 Å². The van der Waals surface area contributed by atoms with Crippen LogP contribution in [0, 0.1) is 5.41 Å². The first-order valence-electron chi connectivity index (χ1n) is 9.15. The Morgan fingerprint density at radius 2 is 2.00 bits per heavy atom. The number of nitrogens with two attached hydrogens (primary N) is 1. The van der Waals surface area contributed by atoms with Gasteiger partial charge in [-0.25, -0.2) is 15.0 Å². The molecular formula is C20H21N7O2. The molecule has 0 amide bonds. The lowest BCUT2D eigenvalue weighted by atomic mass is 10.0. The number of anilines is 2. The summed E-state index contributed by atoms with van der Waals surface area (Å²) in [5.41, 5.74) is 9.37. The highest BCUT2D eigenvalue weighted by atomic mass is 16.5. The van der Waals surface area contributed by atoms with Gasteiger partial charge in [0.1, 0.15) is 12.1 Å². The van der Waals surface area contributed by atoms with Gasteiger partial charge in [0.05, 0.1) is 49.8 Å². The maximum atomic E-state index is 8.69. The van der Waals surface area contributed by atoms with Crippen LogP contribution in [0.5, 0.6) is 5.88 Å². The van der Waals surface area contributed by atoms with E-state index in [0.717, 1.165) is 24.5 Å². The number of benzene rings is 1. The molecule has 3 heterocycles. The number of nitrogen functional groups attached to an aromatic ring is 1. The monoisotopic (exact) mass is 391 g/mol. The van der Waals surface area contributed by atoms with Gasteiger partial charge in [-0.2, -0.15) is 0 Å². The standard InChI is InChI=1S/C20H21N7O2/c1-28-19-11-23-10-17(26-19)13-2-3-15(21)14(8-13)20(22)16-9-18(25-12-24-16)27-4-6-29-7-5-27/h2-3,8-12,22H,4-7,21H2,1H3. The molecule has 0 spiro atoms. The van der Waals surface area contributed by atoms with E-state index in [0.29, 0.717) is 41.7 Å². The molecule has 3 aromatic rings. The van der Waals surface area contributed by atoms with E-state index in [9.17, 15) is 0 Å². The molecule has 3 N–H and O–H groups in total. The van der Waals surface area contributed by atoms with Crippen molar-refractivity contribution in [3.05, 3.63) is 54.2 Å². The van der Waals surface area contributed by atoms with Crippen molar-refractivity contribution >= 4 is 17.2 Å². The minimum Gasteiger partial charge on any atom is -0.480 e. The summed E-state index contributed by atoms with van der Waals surface area (Å²) in [5.74, 6) is 1.19. The summed E-state index contributed by atoms with van der Waals surface area (Å²) in [5, 5.41) is 8.69. The number of aromatic nitrogens is 4. The summed E-state index contributed by atoms with van der Waals surface area (Å²) in [6.45, 7) is 2.84. The van der Waals surface area contributed by atoms with Crippen LogP contribution in [-0.4, -0.2) is 59.1 Å². The Kier molecular flexibility index (Phi) is 5.30. The Morgan fingerprint density at radius 3 is 2.79 bits per heavy atom. The molecule has 0 atom stereocenters. The Labute approximate surface area is 168 Å². The maximum absolute atomic E-state index is 8.69. The Hall–Kier alpha value is -3.59. The number of nitrogens with one attached hydrogen (secondary N) is 1. The van der Waals surface area contributed by atoms with Gasteiger partial charge in [0.2, 0.25) is 5.88 Å². The molecule has 1 fully saturated rings. The lowest BCUT2D eigenvalue weighted by Gasteiger charge is -2.27. The van der Waals surface area contributed by atoms with Crippen LogP contribution in [0.1, 0.15) is 11.3 Å². The summed E-state index contributed by atoms with van der Waals surface area (Å²) < 4.78 is 10.5. The number of hydrogen-bond acceptors (Lipinski definition) is 9. The number of ether oxygens (including phenoxy) is 2. The quantitative estimate of drug-likeness (QED) is 0.498. The molecule has 2 aromatic heterocycles. The first-order chi connectivity index (χ1) is 14.2. The number of rotatable bonds is 5. The van der Waals surface area contributed by atoms with Gasteiger partial charge >= 0.3 is 0 Å². The molecule has 1 aliphatic heterocycles. The van der Waals surface area contributed by atoms with Gasteiger partial charge in [0, 0.05) is 36.0 Å². The molecule has 9 heteroatoms. The second-order valence-electron chi connectivity index (χ2n) is 6.48. The van der Waals surface area contributed by atoms with E-state index < -0.39 is 0 Å². The van der Waals surface area contributed by atoms with Crippen LogP contribution in [-0.2, 0) is 4.74 Å². The predicted octanol–water partition coefficient (Wildman–Crippen LogP) is 1.78. The molecule has 0 saturated carbocycles. The molecule has 0 unspecified atom stereocenters. The minimum absolute atomic E-state index is 0.220. The topological polar surface area (TPSA) is 123 Å². The van der Waals surface area contributed by atoms with E-state index in [1.54, 1.807) is 19.4 Å². The van der Waals surface area contributed by atoms with Crippen molar-refractivity contribution in [2.75, 3.05) is 44.0 Å². The molecule has 0 aliphatic carbocycles. The van der Waals surface area contributed by atoms with Crippen LogP contribution in [0.15, 0.2) is 43.0 Å². The number of morpholine rings is 1. The molecule has 0 radical (unpaired) electrons. The number of methoxy groups -OCH3 is 1. The fourth-order valence-electron chi connectivity index (χ4n) is 3.10. The highest BCUT2D eigenvalue weighted by Crippen LogP contribution is 2.25. The minimum atomic E-state index is 0.220. The van der Waals surface area contributed by atoms with E-state index in [-0.39, 0.29) is 5.71 Å². The van der Waals surface area contributed by atoms with Crippen molar-refractivity contribution in [3.8, 4) is 17.1 Å². The second kappa shape index (κ2) is 8.19. The van der Waals surface area contributed by atoms with Crippen LogP contribution in [0.25, 0.3) is 11.3 Å². The van der Waals surface area contributed by atoms with Crippen molar-refractivity contribution in [2.24, 2.45) is 0 Å². The van der Waals surface area contributed by atoms with Gasteiger partial charge in [-0.05, 0) is 12.1 Å². The van der Waals surface area contributed by atoms with Crippen molar-refractivity contribution in [1.29, 1.82) is 5.41 Å². The van der Waals surface area contributed by atoms with Gasteiger partial charge < -0.3 is 20.1 Å². The number of hydrogen-bond donors (Lipinski definition) is 2. The van der Waals surface area contributed by atoms with Gasteiger partial charge in [-0.15, -0.1) is 0 Å². The highest BCUT2D eigenvalue weighted by molar-refractivity contribution is 6.13. The van der Waals surface area contributed by atoms with Crippen LogP contribution < -0.4 is 15.4 Å². The average Bonchev–Trinajstić information content (AvgIpc) is 2.79. The van der Waals surface area contributed by atoms with Crippen molar-refractivity contribution in [3.63, 3.8) is 0 Å². The Bertz CT molecular complexity index is 1030. The maximum Gasteiger partial charge on any atom is 0.232 e. The summed E-state index contributed by atoms with van der Waals surface area (Å²) in [6, 6.07) is 7.22. The summed E-state index contributed by atoms with van der Waals surface area (Å²) >= 11 is 0. The van der Waals surface area contributed by atoms with Crippen LogP contribution in [0.3, 0.4) is 0 Å². The van der Waals surface area contributed by atoms with Gasteiger partial charge in [-0.3, -0.25) is 10.4 Å². The van der Waals surface area contributed by atoms with Crippen LogP contribution >= 0.6 is 0 Å². The molecule has 1 saturated heterocycles. The molecule has 148 valence electrons. The molecule has 9 nitrogen and oxygen atoms in total. The molecule has 29 heavy (non-hydrogen) atoms. The van der Waals surface area contributed by atoms with Gasteiger partial charge in [-0.1, -0.05) is 6.07 Å². The summed E-state index contributed by atoms with van der Waals surface area (Å²) in [6.07, 6.45) is 4.66. The van der Waals surface area contributed by atoms with Crippen molar-refractivity contribution in [2.45, 2.75) is 0 Å². The molecular weight excluding hydrogens is 370 g/mol. The van der Waals surface area contributed by atoms with E-state index >= 15 is 0 Å². The average molecular weight is 391 g/mol. The highest BCUT2D eigenvalue weighted by Gasteiger charge is 2.17. The van der Waals surface area contributed by atoms with Crippen LogP contribution in [0.4, 0.5) is 11.5 Å². The zero-order chi connectivity index (χ0) is 20.2. The third-order valence-electron chi connectivity index (χ3n) is 4.68. The van der Waals surface area contributed by atoms with E-state index in [1.807, 2.05) is 18.2 Å². The Morgan fingerprint density at radius 1 is 1.17 bits per heavy atom. The van der Waals surface area contributed by atoms with E-state index in [2.05, 4.69) is 24.8 Å². The first kappa shape index (κ1) is 18.8. The molecule has 1 aromatic carbocycles. The lowest BCUT2D eigenvalue weighted by Crippen LogP contribution is -2.36. The zero-order valence-electron chi connectivity index (χ0n) is 16.0. The van der Waals surface area contributed by atoms with Gasteiger partial charge in [0.15, 0.2) is 0 Å². The SMILES string of the molecule is COc1cncc(-c2ccc(N)c(C(=N)c3cc(N4CCOCC4)ncn3)c2)n1. The summed E-state index contributed by atoms with van der Waals surface area (Å²) in [4.78, 5) is 19.3. The number of nitrogens with zero attached hydrogens (tertiary/aromatic N) is 5. The largest absolute Gasteiger partial charge is 0.480 e. The van der Waals surface area contributed by atoms with Gasteiger partial charge in [0.25, 0.3) is 0 Å². The normalized spacial score (nSPS) is 13.9. The third-order valence-corrected chi connectivity index (χ3v) is 4.68. The van der Waals surface area contributed by atoms with E-state index in [1.165, 1.54) is 12.5 Å². The second-order valence-corrected chi connectivity index (χ2v) is 6.48. The summed E-state index contributed by atoms with van der Waals surface area (Å²) in [7, 11) is 1.54. The molecule has 4 rings (SSSR count). The first-order valence-corrected chi connectivity index (χ1v) is 9.15. The fraction of sp³-hybridized carbons (Fsp3) is 0.250. The lowest BCUT2D eigenvalue weighted by molar-refractivity contribution is 0.122. The third kappa shape index (κ3) is 3.99. The zero-order valence-corrected chi connectivity index (χ0v) is 16.0. The fourth-order valence-corrected chi connectivity index (χ4v) is 3.10.